The molecule has 0 amide bonds. The predicted molar refractivity (Wildman–Crippen MR) is 43.0 cm³/mol. The minimum atomic E-state index is -0.777. The van der Waals surface area contributed by atoms with Crippen molar-refractivity contribution in [2.75, 3.05) is 6.79 Å². The zero-order valence-electron chi connectivity index (χ0n) is 7.20. The Morgan fingerprint density at radius 1 is 1.50 bits per heavy atom. The van der Waals surface area contributed by atoms with E-state index in [9.17, 15) is 5.11 Å². The molecule has 1 aliphatic heterocycles. The highest BCUT2D eigenvalue weighted by atomic mass is 16.7. The zero-order valence-corrected chi connectivity index (χ0v) is 7.20. The molecule has 3 nitrogen and oxygen atoms in total. The molecule has 2 rings (SSSR count). The summed E-state index contributed by atoms with van der Waals surface area (Å²) in [7, 11) is 0. The van der Waals surface area contributed by atoms with Gasteiger partial charge in [-0.05, 0) is 19.9 Å². The van der Waals surface area contributed by atoms with Gasteiger partial charge in [0, 0.05) is 0 Å². The molecular weight excluding hydrogens is 156 g/mol. The highest BCUT2D eigenvalue weighted by Gasteiger charge is 2.37. The third-order valence-electron chi connectivity index (χ3n) is 2.16. The Labute approximate surface area is 71.3 Å². The molecule has 12 heavy (non-hydrogen) atoms. The van der Waals surface area contributed by atoms with Crippen LogP contribution in [0.3, 0.4) is 0 Å². The van der Waals surface area contributed by atoms with Crippen molar-refractivity contribution >= 4 is 0 Å². The first-order valence-corrected chi connectivity index (χ1v) is 3.99. The van der Waals surface area contributed by atoms with Crippen molar-refractivity contribution < 1.29 is 14.6 Å². The lowest BCUT2D eigenvalue weighted by Crippen LogP contribution is -2.30. The van der Waals surface area contributed by atoms with Crippen LogP contribution in [0.25, 0.3) is 0 Å². The second kappa shape index (κ2) is 2.26. The maximum atomic E-state index is 9.74. The van der Waals surface area contributed by atoms with E-state index in [4.69, 9.17) is 9.47 Å². The van der Waals surface area contributed by atoms with Crippen LogP contribution in [0.15, 0.2) is 23.7 Å². The van der Waals surface area contributed by atoms with Gasteiger partial charge in [-0.2, -0.15) is 0 Å². The Morgan fingerprint density at radius 3 is 2.92 bits per heavy atom. The number of aliphatic hydroxyl groups is 1. The molecular formula is C9H12O3. The van der Waals surface area contributed by atoms with Crippen molar-refractivity contribution in [3.63, 3.8) is 0 Å². The minimum Gasteiger partial charge on any atom is -0.457 e. The monoisotopic (exact) mass is 168 g/mol. The van der Waals surface area contributed by atoms with E-state index in [0.29, 0.717) is 0 Å². The standard InChI is InChI=1S/C9H12O3/c1-9(2,10)6-3-4-7-8(6)12-5-11-7/h3-4,6,10H,5H2,1-2H3. The molecule has 0 radical (unpaired) electrons. The van der Waals surface area contributed by atoms with Gasteiger partial charge in [0.25, 0.3) is 0 Å². The van der Waals surface area contributed by atoms with Gasteiger partial charge in [-0.1, -0.05) is 6.08 Å². The van der Waals surface area contributed by atoms with E-state index >= 15 is 0 Å². The van der Waals surface area contributed by atoms with Crippen LogP contribution in [0.5, 0.6) is 0 Å². The summed E-state index contributed by atoms with van der Waals surface area (Å²) in [5, 5.41) is 9.74. The van der Waals surface area contributed by atoms with E-state index in [0.717, 1.165) is 11.5 Å². The third kappa shape index (κ3) is 1.01. The number of rotatable bonds is 1. The van der Waals surface area contributed by atoms with Crippen LogP contribution in [0.1, 0.15) is 13.8 Å². The summed E-state index contributed by atoms with van der Waals surface area (Å²) in [4.78, 5) is 0. The average Bonchev–Trinajstić information content (AvgIpc) is 2.37. The molecule has 66 valence electrons. The Bertz CT molecular complexity index is 257. The first-order chi connectivity index (χ1) is 5.59. The fourth-order valence-corrected chi connectivity index (χ4v) is 1.50. The molecule has 1 unspecified atom stereocenters. The van der Waals surface area contributed by atoms with Crippen LogP contribution in [-0.2, 0) is 9.47 Å². The highest BCUT2D eigenvalue weighted by Crippen LogP contribution is 2.37. The van der Waals surface area contributed by atoms with Gasteiger partial charge in [-0.25, -0.2) is 0 Å². The number of ether oxygens (including phenoxy) is 2. The maximum Gasteiger partial charge on any atom is 0.230 e. The van der Waals surface area contributed by atoms with Gasteiger partial charge >= 0.3 is 0 Å². The molecule has 1 aliphatic carbocycles. The first kappa shape index (κ1) is 7.68. The van der Waals surface area contributed by atoms with Crippen molar-refractivity contribution in [2.45, 2.75) is 19.4 Å². The second-order valence-corrected chi connectivity index (χ2v) is 3.63. The Morgan fingerprint density at radius 2 is 2.25 bits per heavy atom. The lowest BCUT2D eigenvalue weighted by atomic mass is 9.91. The van der Waals surface area contributed by atoms with Gasteiger partial charge < -0.3 is 14.6 Å². The molecule has 1 N–H and O–H groups in total. The molecule has 0 spiro atoms. The fraction of sp³-hybridized carbons (Fsp3) is 0.556. The van der Waals surface area contributed by atoms with Gasteiger partial charge in [0.2, 0.25) is 6.79 Å². The lowest BCUT2D eigenvalue weighted by molar-refractivity contribution is 0.0120. The molecule has 0 aromatic heterocycles. The summed E-state index contributed by atoms with van der Waals surface area (Å²) in [6, 6.07) is 0. The quantitative estimate of drug-likeness (QED) is 0.638. The van der Waals surface area contributed by atoms with Crippen molar-refractivity contribution in [2.24, 2.45) is 5.92 Å². The SMILES string of the molecule is CC(C)(O)C1C=CC2=C1OCO2. The van der Waals surface area contributed by atoms with E-state index < -0.39 is 5.60 Å². The van der Waals surface area contributed by atoms with Gasteiger partial charge in [0.05, 0.1) is 11.5 Å². The predicted octanol–water partition coefficient (Wildman–Crippen LogP) is 1.16. The molecule has 0 saturated heterocycles. The molecule has 0 fully saturated rings. The van der Waals surface area contributed by atoms with E-state index in [1.165, 1.54) is 0 Å². The van der Waals surface area contributed by atoms with Crippen LogP contribution in [0, 0.1) is 5.92 Å². The summed E-state index contributed by atoms with van der Waals surface area (Å²) in [5.41, 5.74) is -0.777. The van der Waals surface area contributed by atoms with Gasteiger partial charge in [0.1, 0.15) is 0 Å². The van der Waals surface area contributed by atoms with Crippen molar-refractivity contribution in [1.82, 2.24) is 0 Å². The molecule has 1 atom stereocenters. The summed E-state index contributed by atoms with van der Waals surface area (Å²) >= 11 is 0. The van der Waals surface area contributed by atoms with E-state index in [-0.39, 0.29) is 12.7 Å². The second-order valence-electron chi connectivity index (χ2n) is 3.63. The van der Waals surface area contributed by atoms with Crippen molar-refractivity contribution in [1.29, 1.82) is 0 Å². The molecule has 3 heteroatoms. The van der Waals surface area contributed by atoms with Crippen LogP contribution in [0.2, 0.25) is 0 Å². The zero-order chi connectivity index (χ0) is 8.77. The Kier molecular flexibility index (Phi) is 1.45. The molecule has 2 aliphatic rings. The number of hydrogen-bond acceptors (Lipinski definition) is 3. The summed E-state index contributed by atoms with van der Waals surface area (Å²) in [6.07, 6.45) is 3.76. The molecule has 0 saturated carbocycles. The fourth-order valence-electron chi connectivity index (χ4n) is 1.50. The largest absolute Gasteiger partial charge is 0.457 e. The van der Waals surface area contributed by atoms with E-state index in [1.807, 2.05) is 12.2 Å². The summed E-state index contributed by atoms with van der Waals surface area (Å²) in [6.45, 7) is 3.81. The summed E-state index contributed by atoms with van der Waals surface area (Å²) in [5.74, 6) is 1.47. The highest BCUT2D eigenvalue weighted by molar-refractivity contribution is 5.33. The van der Waals surface area contributed by atoms with E-state index in [2.05, 4.69) is 0 Å². The van der Waals surface area contributed by atoms with Crippen LogP contribution in [0.4, 0.5) is 0 Å². The van der Waals surface area contributed by atoms with Crippen molar-refractivity contribution in [3.05, 3.63) is 23.7 Å². The average molecular weight is 168 g/mol. The van der Waals surface area contributed by atoms with Gasteiger partial charge in [-0.3, -0.25) is 0 Å². The van der Waals surface area contributed by atoms with Crippen molar-refractivity contribution in [3.8, 4) is 0 Å². The molecule has 0 aromatic carbocycles. The Hall–Kier alpha value is -0.960. The molecule has 0 aromatic rings. The van der Waals surface area contributed by atoms with E-state index in [1.54, 1.807) is 13.8 Å². The van der Waals surface area contributed by atoms with Gasteiger partial charge in [0.15, 0.2) is 11.5 Å². The van der Waals surface area contributed by atoms with Gasteiger partial charge in [-0.15, -0.1) is 0 Å². The third-order valence-corrected chi connectivity index (χ3v) is 2.16. The van der Waals surface area contributed by atoms with Crippen LogP contribution in [-0.4, -0.2) is 17.5 Å². The normalized spacial score (nSPS) is 27.1. The Balaban J connectivity index is 2.27. The van der Waals surface area contributed by atoms with Crippen LogP contribution >= 0.6 is 0 Å². The topological polar surface area (TPSA) is 38.7 Å². The van der Waals surface area contributed by atoms with Crippen LogP contribution < -0.4 is 0 Å². The maximum absolute atomic E-state index is 9.74. The number of hydrogen-bond donors (Lipinski definition) is 1. The number of allylic oxidation sites excluding steroid dienone is 1. The summed E-state index contributed by atoms with van der Waals surface area (Å²) < 4.78 is 10.4. The lowest BCUT2D eigenvalue weighted by Gasteiger charge is -2.24. The first-order valence-electron chi connectivity index (χ1n) is 3.99. The molecule has 1 heterocycles. The smallest absolute Gasteiger partial charge is 0.230 e. The molecule has 0 bridgehead atoms. The minimum absolute atomic E-state index is 0.0602.